The van der Waals surface area contributed by atoms with Gasteiger partial charge in [0.25, 0.3) is 17.5 Å². The number of halogens is 1. The van der Waals surface area contributed by atoms with E-state index in [4.69, 9.17) is 16.1 Å². The Balaban J connectivity index is 1.41. The molecule has 3 heterocycles. The van der Waals surface area contributed by atoms with E-state index in [2.05, 4.69) is 33.5 Å². The number of fused-ring (bicyclic) bond motifs is 1. The zero-order chi connectivity index (χ0) is 29.1. The SMILES string of the molecule is C#C[C@@]1(F)CN(C2CCCCC2)c2nc(Nc3ccc(C(=O)NC4CCN(C)CC4)cc3OC)ncc2N(C)C1=O. The number of aromatic nitrogens is 2. The lowest BCUT2D eigenvalue weighted by Gasteiger charge is -2.36. The number of rotatable bonds is 6. The fourth-order valence-corrected chi connectivity index (χ4v) is 5.91. The van der Waals surface area contributed by atoms with Crippen LogP contribution in [0.4, 0.5) is 27.5 Å². The molecule has 11 heteroatoms. The molecule has 2 N–H and O–H groups in total. The van der Waals surface area contributed by atoms with E-state index in [1.807, 2.05) is 4.90 Å². The summed E-state index contributed by atoms with van der Waals surface area (Å²) >= 11 is 0. The molecule has 1 atom stereocenters. The summed E-state index contributed by atoms with van der Waals surface area (Å²) in [6, 6.07) is 5.30. The molecule has 0 unspecified atom stereocenters. The Labute approximate surface area is 240 Å². The number of alkyl halides is 1. The minimum atomic E-state index is -2.48. The van der Waals surface area contributed by atoms with Crippen LogP contribution < -0.4 is 25.2 Å². The van der Waals surface area contributed by atoms with Gasteiger partial charge in [0.15, 0.2) is 5.82 Å². The highest BCUT2D eigenvalue weighted by Crippen LogP contribution is 2.39. The molecular formula is C30H38FN7O3. The van der Waals surface area contributed by atoms with E-state index in [0.717, 1.165) is 58.0 Å². The van der Waals surface area contributed by atoms with Crippen molar-refractivity contribution in [3.63, 3.8) is 0 Å². The van der Waals surface area contributed by atoms with Crippen LogP contribution in [0.15, 0.2) is 24.4 Å². The van der Waals surface area contributed by atoms with Gasteiger partial charge < -0.3 is 30.1 Å². The molecule has 1 saturated carbocycles. The molecule has 10 nitrogen and oxygen atoms in total. The van der Waals surface area contributed by atoms with Crippen LogP contribution in [0, 0.1) is 12.3 Å². The topological polar surface area (TPSA) is 103 Å². The van der Waals surface area contributed by atoms with E-state index in [9.17, 15) is 9.59 Å². The van der Waals surface area contributed by atoms with Crippen LogP contribution in [0.5, 0.6) is 5.75 Å². The van der Waals surface area contributed by atoms with Crippen molar-refractivity contribution in [2.24, 2.45) is 0 Å². The van der Waals surface area contributed by atoms with Crippen LogP contribution >= 0.6 is 0 Å². The number of carbonyl (C=O) groups is 2. The number of terminal acetylenes is 1. The number of carbonyl (C=O) groups excluding carboxylic acids is 2. The van der Waals surface area contributed by atoms with Gasteiger partial charge in [-0.2, -0.15) is 4.98 Å². The number of hydrogen-bond donors (Lipinski definition) is 2. The fraction of sp³-hybridized carbons (Fsp3) is 0.533. The van der Waals surface area contributed by atoms with E-state index in [0.29, 0.717) is 28.5 Å². The third-order valence-corrected chi connectivity index (χ3v) is 8.42. The molecule has 3 aliphatic rings. The molecule has 1 aliphatic carbocycles. The highest BCUT2D eigenvalue weighted by atomic mass is 19.1. The van der Waals surface area contributed by atoms with Crippen molar-refractivity contribution < 1.29 is 18.7 Å². The van der Waals surface area contributed by atoms with Crippen LogP contribution in [0.25, 0.3) is 0 Å². The van der Waals surface area contributed by atoms with E-state index in [1.165, 1.54) is 25.3 Å². The van der Waals surface area contributed by atoms with Crippen molar-refractivity contribution in [2.45, 2.75) is 62.7 Å². The summed E-state index contributed by atoms with van der Waals surface area (Å²) in [5.41, 5.74) is -1.03. The highest BCUT2D eigenvalue weighted by molar-refractivity contribution is 6.05. The van der Waals surface area contributed by atoms with E-state index in [1.54, 1.807) is 18.2 Å². The Morgan fingerprint density at radius 2 is 1.90 bits per heavy atom. The molecule has 2 aromatic rings. The summed E-state index contributed by atoms with van der Waals surface area (Å²) in [5, 5.41) is 6.30. The first-order chi connectivity index (χ1) is 19.7. The van der Waals surface area contributed by atoms with Gasteiger partial charge in [-0.05, 0) is 64.0 Å². The Kier molecular flexibility index (Phi) is 8.31. The number of amides is 2. The number of likely N-dealkylation sites (tertiary alicyclic amines) is 1. The highest BCUT2D eigenvalue weighted by Gasteiger charge is 2.47. The minimum absolute atomic E-state index is 0.00456. The molecule has 41 heavy (non-hydrogen) atoms. The minimum Gasteiger partial charge on any atom is -0.495 e. The van der Waals surface area contributed by atoms with Crippen LogP contribution in [0.3, 0.4) is 0 Å². The summed E-state index contributed by atoms with van der Waals surface area (Å²) in [6.45, 7) is 1.63. The van der Waals surface area contributed by atoms with Crippen molar-refractivity contribution in [1.82, 2.24) is 20.2 Å². The first-order valence-electron chi connectivity index (χ1n) is 14.3. The molecule has 2 amide bonds. The second kappa shape index (κ2) is 11.9. The lowest BCUT2D eigenvalue weighted by molar-refractivity contribution is -0.125. The average Bonchev–Trinajstić information content (AvgIpc) is 3.08. The first-order valence-corrected chi connectivity index (χ1v) is 14.3. The fourth-order valence-electron chi connectivity index (χ4n) is 5.91. The standard InChI is InChI=1S/C30H38FN7O3/c1-5-30(31)19-38(22-9-7-6-8-10-22)26-24(37(3)28(30)40)18-32-29(35-26)34-23-12-11-20(17-25(23)41-4)27(39)33-21-13-15-36(2)16-14-21/h1,11-12,17-18,21-22H,6-10,13-16,19H2,2-4H3,(H,33,39)(H,32,34,35)/t30-/m1/s1. The number of nitrogens with one attached hydrogen (secondary N) is 2. The van der Waals surface area contributed by atoms with Gasteiger partial charge in [-0.15, -0.1) is 6.42 Å². The zero-order valence-corrected chi connectivity index (χ0v) is 24.0. The Bertz CT molecular complexity index is 1330. The number of anilines is 4. The van der Waals surface area contributed by atoms with Crippen molar-refractivity contribution in [3.05, 3.63) is 30.0 Å². The summed E-state index contributed by atoms with van der Waals surface area (Å²) in [4.78, 5) is 40.5. The van der Waals surface area contributed by atoms with Gasteiger partial charge in [0, 0.05) is 24.7 Å². The lowest BCUT2D eigenvalue weighted by atomic mass is 9.93. The predicted molar refractivity (Wildman–Crippen MR) is 157 cm³/mol. The monoisotopic (exact) mass is 563 g/mol. The zero-order valence-electron chi connectivity index (χ0n) is 24.0. The number of hydrogen-bond acceptors (Lipinski definition) is 8. The Hall–Kier alpha value is -3.91. The number of methoxy groups -OCH3 is 1. The predicted octanol–water partition coefficient (Wildman–Crippen LogP) is 3.51. The average molecular weight is 564 g/mol. The van der Waals surface area contributed by atoms with Gasteiger partial charge in [0.05, 0.1) is 25.5 Å². The molecule has 0 radical (unpaired) electrons. The van der Waals surface area contributed by atoms with E-state index in [-0.39, 0.29) is 30.5 Å². The third-order valence-electron chi connectivity index (χ3n) is 8.42. The van der Waals surface area contributed by atoms with Crippen molar-refractivity contribution >= 4 is 35.0 Å². The smallest absolute Gasteiger partial charge is 0.279 e. The molecule has 1 aromatic heterocycles. The number of benzene rings is 1. The molecule has 218 valence electrons. The van der Waals surface area contributed by atoms with Gasteiger partial charge in [0.1, 0.15) is 11.4 Å². The second-order valence-electron chi connectivity index (χ2n) is 11.2. The van der Waals surface area contributed by atoms with Gasteiger partial charge in [-0.25, -0.2) is 9.37 Å². The number of piperidine rings is 1. The van der Waals surface area contributed by atoms with Gasteiger partial charge in [-0.3, -0.25) is 9.59 Å². The molecular weight excluding hydrogens is 525 g/mol. The summed E-state index contributed by atoms with van der Waals surface area (Å²) in [7, 11) is 5.11. The van der Waals surface area contributed by atoms with Gasteiger partial charge in [0.2, 0.25) is 5.95 Å². The Morgan fingerprint density at radius 1 is 1.17 bits per heavy atom. The Morgan fingerprint density at radius 3 is 2.59 bits per heavy atom. The third kappa shape index (κ3) is 5.93. The van der Waals surface area contributed by atoms with Gasteiger partial charge in [-0.1, -0.05) is 25.2 Å². The largest absolute Gasteiger partial charge is 0.495 e. The summed E-state index contributed by atoms with van der Waals surface area (Å²) in [6.07, 6.45) is 13.8. The number of ether oxygens (including phenoxy) is 1. The lowest BCUT2D eigenvalue weighted by Crippen LogP contribution is -2.51. The molecule has 5 rings (SSSR count). The normalized spacial score (nSPS) is 22.5. The molecule has 2 aliphatic heterocycles. The van der Waals surface area contributed by atoms with Gasteiger partial charge >= 0.3 is 0 Å². The first kappa shape index (κ1) is 28.6. The van der Waals surface area contributed by atoms with Crippen LogP contribution in [-0.2, 0) is 4.79 Å². The van der Waals surface area contributed by atoms with Crippen LogP contribution in [0.2, 0.25) is 0 Å². The quantitative estimate of drug-likeness (QED) is 0.515. The molecule has 2 fully saturated rings. The van der Waals surface area contributed by atoms with Crippen molar-refractivity contribution in [3.8, 4) is 18.1 Å². The number of nitrogens with zero attached hydrogens (tertiary/aromatic N) is 5. The van der Waals surface area contributed by atoms with Crippen LogP contribution in [0.1, 0.15) is 55.3 Å². The molecule has 1 saturated heterocycles. The summed E-state index contributed by atoms with van der Waals surface area (Å²) in [5.74, 6) is 2.30. The van der Waals surface area contributed by atoms with Crippen molar-refractivity contribution in [2.75, 3.05) is 56.0 Å². The molecule has 1 aromatic carbocycles. The maximum absolute atomic E-state index is 15.8. The second-order valence-corrected chi connectivity index (χ2v) is 11.2. The van der Waals surface area contributed by atoms with E-state index >= 15 is 4.39 Å². The molecule has 0 bridgehead atoms. The summed E-state index contributed by atoms with van der Waals surface area (Å²) < 4.78 is 21.4. The maximum Gasteiger partial charge on any atom is 0.279 e. The van der Waals surface area contributed by atoms with Crippen molar-refractivity contribution in [1.29, 1.82) is 0 Å². The van der Waals surface area contributed by atoms with E-state index < -0.39 is 11.6 Å². The maximum atomic E-state index is 15.8. The molecule has 0 spiro atoms. The van der Waals surface area contributed by atoms with Crippen LogP contribution in [-0.4, -0.2) is 85.3 Å².